The molecule has 5 unspecified atom stereocenters. The van der Waals surface area contributed by atoms with Crippen molar-refractivity contribution in [1.29, 1.82) is 0 Å². The van der Waals surface area contributed by atoms with E-state index in [0.717, 1.165) is 16.5 Å². The van der Waals surface area contributed by atoms with Gasteiger partial charge in [0.05, 0.1) is 12.5 Å². The second-order valence-electron chi connectivity index (χ2n) is 10.2. The summed E-state index contributed by atoms with van der Waals surface area (Å²) < 4.78 is 0. The van der Waals surface area contributed by atoms with Crippen LogP contribution in [0.1, 0.15) is 52.5 Å². The summed E-state index contributed by atoms with van der Waals surface area (Å²) in [6.45, 7) is 7.25. The Morgan fingerprint density at radius 3 is 2.15 bits per heavy atom. The van der Waals surface area contributed by atoms with E-state index in [9.17, 15) is 29.1 Å². The van der Waals surface area contributed by atoms with Gasteiger partial charge in [-0.25, -0.2) is 4.79 Å². The maximum absolute atomic E-state index is 13.3. The van der Waals surface area contributed by atoms with Crippen molar-refractivity contribution in [3.8, 4) is 0 Å². The second-order valence-corrected chi connectivity index (χ2v) is 10.2. The lowest BCUT2D eigenvalue weighted by Crippen LogP contribution is -2.59. The van der Waals surface area contributed by atoms with E-state index in [4.69, 9.17) is 10.8 Å². The highest BCUT2D eigenvalue weighted by molar-refractivity contribution is 5.95. The molecule has 12 nitrogen and oxygen atoms in total. The number of nitrogens with one attached hydrogen (secondary N) is 4. The van der Waals surface area contributed by atoms with Gasteiger partial charge in [-0.2, -0.15) is 0 Å². The molecule has 0 aliphatic carbocycles. The number of rotatable bonds is 15. The Hall–Kier alpha value is -3.93. The van der Waals surface area contributed by atoms with E-state index in [2.05, 4.69) is 20.9 Å². The summed E-state index contributed by atoms with van der Waals surface area (Å²) in [5.41, 5.74) is 7.21. The highest BCUT2D eigenvalue weighted by atomic mass is 16.4. The van der Waals surface area contributed by atoms with Crippen LogP contribution in [0.5, 0.6) is 0 Å². The van der Waals surface area contributed by atoms with Gasteiger partial charge in [0.1, 0.15) is 18.1 Å². The summed E-state index contributed by atoms with van der Waals surface area (Å²) in [6, 6.07) is 2.67. The first-order chi connectivity index (χ1) is 18.3. The maximum Gasteiger partial charge on any atom is 0.326 e. The number of carboxylic acid groups (broad SMARTS) is 2. The zero-order valence-electron chi connectivity index (χ0n) is 22.7. The van der Waals surface area contributed by atoms with Gasteiger partial charge in [0.2, 0.25) is 17.7 Å². The van der Waals surface area contributed by atoms with Gasteiger partial charge >= 0.3 is 11.9 Å². The van der Waals surface area contributed by atoms with Crippen molar-refractivity contribution < 1.29 is 34.2 Å². The molecule has 0 saturated carbocycles. The average molecular weight is 546 g/mol. The van der Waals surface area contributed by atoms with Crippen molar-refractivity contribution in [3.05, 3.63) is 36.0 Å². The topological polar surface area (TPSA) is 204 Å². The summed E-state index contributed by atoms with van der Waals surface area (Å²) >= 11 is 0. The highest BCUT2D eigenvalue weighted by Gasteiger charge is 2.33. The lowest BCUT2D eigenvalue weighted by Gasteiger charge is -2.28. The maximum atomic E-state index is 13.3. The van der Waals surface area contributed by atoms with Crippen LogP contribution < -0.4 is 21.7 Å². The molecule has 0 fully saturated rings. The standard InChI is InChI=1S/C27H39N5O7/c1-5-15(4)23(32-25(36)20(10-14(2)3)30-24(35)18(28)12-22(33)34)26(37)31-21(27(38)39)11-16-13-29-19-9-7-6-8-17(16)19/h6-9,13-15,18,20-21,23,29H,5,10-12,28H2,1-4H3,(H,30,35)(H,31,37)(H,32,36)(H,33,34)(H,38,39). The quantitative estimate of drug-likeness (QED) is 0.172. The van der Waals surface area contributed by atoms with Crippen molar-refractivity contribution in [2.75, 3.05) is 0 Å². The predicted molar refractivity (Wildman–Crippen MR) is 145 cm³/mol. The number of aromatic amines is 1. The molecule has 214 valence electrons. The number of aromatic nitrogens is 1. The van der Waals surface area contributed by atoms with E-state index >= 15 is 0 Å². The van der Waals surface area contributed by atoms with Crippen LogP contribution in [0.4, 0.5) is 0 Å². The molecule has 1 heterocycles. The van der Waals surface area contributed by atoms with Crippen LogP contribution >= 0.6 is 0 Å². The Morgan fingerprint density at radius 2 is 1.56 bits per heavy atom. The normalized spacial score (nSPS) is 15.1. The van der Waals surface area contributed by atoms with Crippen LogP contribution in [0.25, 0.3) is 10.9 Å². The number of carboxylic acids is 2. The number of hydrogen-bond acceptors (Lipinski definition) is 6. The lowest BCUT2D eigenvalue weighted by molar-refractivity contribution is -0.142. The molecule has 0 aliphatic rings. The lowest BCUT2D eigenvalue weighted by atomic mass is 9.96. The molecule has 2 rings (SSSR count). The molecule has 2 aromatic rings. The summed E-state index contributed by atoms with van der Waals surface area (Å²) in [4.78, 5) is 65.0. The van der Waals surface area contributed by atoms with Crippen LogP contribution in [-0.4, -0.2) is 69.0 Å². The largest absolute Gasteiger partial charge is 0.481 e. The number of carbonyl (C=O) groups is 5. The number of para-hydroxylation sites is 1. The fraction of sp³-hybridized carbons (Fsp3) is 0.519. The van der Waals surface area contributed by atoms with Crippen LogP contribution in [-0.2, 0) is 30.4 Å². The first-order valence-corrected chi connectivity index (χ1v) is 13.0. The molecule has 3 amide bonds. The Kier molecular flexibility index (Phi) is 11.5. The van der Waals surface area contributed by atoms with Crippen LogP contribution in [0.2, 0.25) is 0 Å². The number of aliphatic carboxylic acids is 2. The summed E-state index contributed by atoms with van der Waals surface area (Å²) in [6.07, 6.45) is 1.84. The number of amides is 3. The Labute approximate surface area is 227 Å². The fourth-order valence-electron chi connectivity index (χ4n) is 4.20. The van der Waals surface area contributed by atoms with Crippen LogP contribution in [0, 0.1) is 11.8 Å². The zero-order chi connectivity index (χ0) is 29.3. The summed E-state index contributed by atoms with van der Waals surface area (Å²) in [5.74, 6) is -4.98. The third-order valence-corrected chi connectivity index (χ3v) is 6.58. The van der Waals surface area contributed by atoms with E-state index in [1.165, 1.54) is 0 Å². The summed E-state index contributed by atoms with van der Waals surface area (Å²) in [7, 11) is 0. The number of nitrogens with two attached hydrogens (primary N) is 1. The molecule has 0 aliphatic heterocycles. The molecule has 1 aromatic heterocycles. The molecule has 12 heteroatoms. The minimum atomic E-state index is -1.35. The number of carbonyl (C=O) groups excluding carboxylic acids is 3. The first-order valence-electron chi connectivity index (χ1n) is 13.0. The fourth-order valence-corrected chi connectivity index (χ4v) is 4.20. The molecular weight excluding hydrogens is 506 g/mol. The number of fused-ring (bicyclic) bond motifs is 1. The van der Waals surface area contributed by atoms with Gasteiger partial charge in [-0.05, 0) is 29.9 Å². The van der Waals surface area contributed by atoms with Crippen LogP contribution in [0.15, 0.2) is 30.5 Å². The molecule has 0 bridgehead atoms. The van der Waals surface area contributed by atoms with Gasteiger partial charge in [-0.3, -0.25) is 19.2 Å². The minimum Gasteiger partial charge on any atom is -0.481 e. The minimum absolute atomic E-state index is 0.0275. The molecule has 5 atom stereocenters. The Balaban J connectivity index is 2.20. The molecule has 8 N–H and O–H groups in total. The van der Waals surface area contributed by atoms with Crippen molar-refractivity contribution in [3.63, 3.8) is 0 Å². The Bertz CT molecular complexity index is 1180. The average Bonchev–Trinajstić information content (AvgIpc) is 3.27. The van der Waals surface area contributed by atoms with Gasteiger partial charge in [-0.15, -0.1) is 0 Å². The van der Waals surface area contributed by atoms with Gasteiger partial charge in [0, 0.05) is 23.5 Å². The van der Waals surface area contributed by atoms with Crippen molar-refractivity contribution in [1.82, 2.24) is 20.9 Å². The van der Waals surface area contributed by atoms with E-state index in [-0.39, 0.29) is 24.7 Å². The monoisotopic (exact) mass is 545 g/mol. The number of H-pyrrole nitrogens is 1. The number of benzene rings is 1. The third-order valence-electron chi connectivity index (χ3n) is 6.58. The second kappa shape index (κ2) is 14.3. The van der Waals surface area contributed by atoms with Crippen molar-refractivity contribution >= 4 is 40.6 Å². The highest BCUT2D eigenvalue weighted by Crippen LogP contribution is 2.19. The molecule has 0 spiro atoms. The number of hydrogen-bond donors (Lipinski definition) is 7. The Morgan fingerprint density at radius 1 is 0.923 bits per heavy atom. The van der Waals surface area contributed by atoms with Gasteiger partial charge in [0.15, 0.2) is 0 Å². The van der Waals surface area contributed by atoms with E-state index in [0.29, 0.717) is 6.42 Å². The molecular formula is C27H39N5O7. The van der Waals surface area contributed by atoms with E-state index < -0.39 is 60.2 Å². The zero-order valence-corrected chi connectivity index (χ0v) is 22.7. The van der Waals surface area contributed by atoms with Crippen LogP contribution in [0.3, 0.4) is 0 Å². The summed E-state index contributed by atoms with van der Waals surface area (Å²) in [5, 5.41) is 27.3. The molecule has 1 aromatic carbocycles. The van der Waals surface area contributed by atoms with E-state index in [1.807, 2.05) is 45.0 Å². The third kappa shape index (κ3) is 9.10. The SMILES string of the molecule is CCC(C)C(NC(=O)C(CC(C)C)NC(=O)C(N)CC(=O)O)C(=O)NC(Cc1c[nH]c2ccccc12)C(=O)O. The molecule has 0 radical (unpaired) electrons. The van der Waals surface area contributed by atoms with Gasteiger partial charge < -0.3 is 36.9 Å². The smallest absolute Gasteiger partial charge is 0.326 e. The predicted octanol–water partition coefficient (Wildman–Crippen LogP) is 1.14. The van der Waals surface area contributed by atoms with Crippen molar-refractivity contribution in [2.45, 2.75) is 77.5 Å². The van der Waals surface area contributed by atoms with E-state index in [1.54, 1.807) is 13.1 Å². The first kappa shape index (κ1) is 31.3. The van der Waals surface area contributed by atoms with Gasteiger partial charge in [0.25, 0.3) is 0 Å². The van der Waals surface area contributed by atoms with Crippen molar-refractivity contribution in [2.24, 2.45) is 17.6 Å². The van der Waals surface area contributed by atoms with Gasteiger partial charge in [-0.1, -0.05) is 52.3 Å². The molecule has 0 saturated heterocycles. The molecule has 39 heavy (non-hydrogen) atoms.